The summed E-state index contributed by atoms with van der Waals surface area (Å²) in [5, 5.41) is 2.93. The van der Waals surface area contributed by atoms with Crippen LogP contribution in [0.2, 0.25) is 0 Å². The van der Waals surface area contributed by atoms with Crippen molar-refractivity contribution in [3.05, 3.63) is 95.9 Å². The van der Waals surface area contributed by atoms with E-state index in [9.17, 15) is 4.79 Å². The Kier molecular flexibility index (Phi) is 4.97. The van der Waals surface area contributed by atoms with Crippen molar-refractivity contribution in [2.45, 2.75) is 13.5 Å². The Hall–Kier alpha value is -3.73. The fourth-order valence-electron chi connectivity index (χ4n) is 2.90. The molecule has 0 aliphatic heterocycles. The van der Waals surface area contributed by atoms with Gasteiger partial charge in [-0.15, -0.1) is 0 Å². The van der Waals surface area contributed by atoms with Gasteiger partial charge in [-0.05, 0) is 36.8 Å². The third kappa shape index (κ3) is 3.83. The number of oxazole rings is 1. The maximum absolute atomic E-state index is 12.7. The van der Waals surface area contributed by atoms with Gasteiger partial charge in [-0.2, -0.15) is 0 Å². The first kappa shape index (κ1) is 17.7. The van der Waals surface area contributed by atoms with Crippen LogP contribution >= 0.6 is 0 Å². The van der Waals surface area contributed by atoms with E-state index in [2.05, 4.69) is 15.3 Å². The van der Waals surface area contributed by atoms with E-state index in [0.29, 0.717) is 29.3 Å². The van der Waals surface area contributed by atoms with E-state index in [1.165, 1.54) is 5.56 Å². The Balaban J connectivity index is 1.58. The number of nitrogens with zero attached hydrogens (tertiary/aromatic N) is 2. The summed E-state index contributed by atoms with van der Waals surface area (Å²) in [5.74, 6) is 0.912. The summed E-state index contributed by atoms with van der Waals surface area (Å²) >= 11 is 0. The summed E-state index contributed by atoms with van der Waals surface area (Å²) in [6, 6.07) is 19.1. The van der Waals surface area contributed by atoms with Crippen LogP contribution in [0.1, 0.15) is 21.5 Å². The highest BCUT2D eigenvalue weighted by Gasteiger charge is 2.16. The largest absolute Gasteiger partial charge is 0.436 e. The molecule has 0 fully saturated rings. The van der Waals surface area contributed by atoms with Gasteiger partial charge in [0.2, 0.25) is 5.89 Å². The molecule has 2 aromatic heterocycles. The van der Waals surface area contributed by atoms with E-state index in [1.54, 1.807) is 24.7 Å². The molecular weight excluding hydrogens is 350 g/mol. The molecule has 0 saturated heterocycles. The summed E-state index contributed by atoms with van der Waals surface area (Å²) in [7, 11) is 0. The zero-order valence-electron chi connectivity index (χ0n) is 15.4. The Morgan fingerprint density at radius 1 is 1.00 bits per heavy atom. The standard InChI is InChI=1S/C23H19N3O2/c1-16-6-8-18(9-7-16)21-15-26-23(28-21)20-5-3-2-4-19(20)22(27)25-14-17-10-12-24-13-11-17/h2-13,15H,14H2,1H3,(H,25,27). The molecule has 138 valence electrons. The first-order chi connectivity index (χ1) is 13.7. The minimum atomic E-state index is -0.178. The van der Waals surface area contributed by atoms with Crippen LogP contribution in [0.15, 0.2) is 83.7 Å². The number of carbonyl (C=O) groups excluding carboxylic acids is 1. The van der Waals surface area contributed by atoms with Crippen LogP contribution in [0.4, 0.5) is 0 Å². The number of rotatable bonds is 5. The van der Waals surface area contributed by atoms with E-state index >= 15 is 0 Å². The second kappa shape index (κ2) is 7.88. The molecule has 0 bridgehead atoms. The first-order valence-electron chi connectivity index (χ1n) is 9.00. The number of pyridine rings is 1. The predicted molar refractivity (Wildman–Crippen MR) is 108 cm³/mol. The van der Waals surface area contributed by atoms with Gasteiger partial charge in [0.05, 0.1) is 11.8 Å². The molecule has 0 radical (unpaired) electrons. The van der Waals surface area contributed by atoms with Crippen LogP contribution in [-0.2, 0) is 6.54 Å². The molecule has 5 nitrogen and oxygen atoms in total. The predicted octanol–water partition coefficient (Wildman–Crippen LogP) is 4.64. The van der Waals surface area contributed by atoms with E-state index in [0.717, 1.165) is 11.1 Å². The van der Waals surface area contributed by atoms with Crippen molar-refractivity contribution in [3.63, 3.8) is 0 Å². The quantitative estimate of drug-likeness (QED) is 0.556. The van der Waals surface area contributed by atoms with Crippen LogP contribution in [-0.4, -0.2) is 15.9 Å². The normalized spacial score (nSPS) is 10.6. The van der Waals surface area contributed by atoms with Crippen LogP contribution < -0.4 is 5.32 Å². The maximum Gasteiger partial charge on any atom is 0.252 e. The van der Waals surface area contributed by atoms with Crippen molar-refractivity contribution in [1.29, 1.82) is 0 Å². The van der Waals surface area contributed by atoms with Crippen LogP contribution in [0.5, 0.6) is 0 Å². The summed E-state index contributed by atoms with van der Waals surface area (Å²) in [4.78, 5) is 21.1. The summed E-state index contributed by atoms with van der Waals surface area (Å²) in [6.45, 7) is 2.46. The Labute approximate surface area is 163 Å². The van der Waals surface area contributed by atoms with Gasteiger partial charge in [0, 0.05) is 30.1 Å². The number of nitrogens with one attached hydrogen (secondary N) is 1. The highest BCUT2D eigenvalue weighted by molar-refractivity contribution is 6.00. The topological polar surface area (TPSA) is 68.0 Å². The Morgan fingerprint density at radius 2 is 1.75 bits per heavy atom. The molecule has 5 heteroatoms. The van der Waals surface area contributed by atoms with E-state index in [4.69, 9.17) is 4.42 Å². The van der Waals surface area contributed by atoms with Crippen molar-refractivity contribution in [3.8, 4) is 22.8 Å². The monoisotopic (exact) mass is 369 g/mol. The number of benzene rings is 2. The van der Waals surface area contributed by atoms with Gasteiger partial charge < -0.3 is 9.73 Å². The SMILES string of the molecule is Cc1ccc(-c2cnc(-c3ccccc3C(=O)NCc3ccncc3)o2)cc1. The van der Waals surface area contributed by atoms with Crippen LogP contribution in [0.25, 0.3) is 22.8 Å². The van der Waals surface area contributed by atoms with Crippen molar-refractivity contribution in [1.82, 2.24) is 15.3 Å². The van der Waals surface area contributed by atoms with Gasteiger partial charge in [0.25, 0.3) is 5.91 Å². The number of aromatic nitrogens is 2. The third-order valence-corrected chi connectivity index (χ3v) is 4.45. The second-order valence-electron chi connectivity index (χ2n) is 6.48. The lowest BCUT2D eigenvalue weighted by molar-refractivity contribution is 0.0951. The fourth-order valence-corrected chi connectivity index (χ4v) is 2.90. The van der Waals surface area contributed by atoms with Crippen molar-refractivity contribution in [2.24, 2.45) is 0 Å². The Bertz CT molecular complexity index is 1090. The average molecular weight is 369 g/mol. The zero-order valence-corrected chi connectivity index (χ0v) is 15.4. The Morgan fingerprint density at radius 3 is 2.54 bits per heavy atom. The number of amides is 1. The summed E-state index contributed by atoms with van der Waals surface area (Å²) < 4.78 is 5.95. The summed E-state index contributed by atoms with van der Waals surface area (Å²) in [6.07, 6.45) is 5.09. The molecule has 28 heavy (non-hydrogen) atoms. The lowest BCUT2D eigenvalue weighted by Gasteiger charge is -2.08. The van der Waals surface area contributed by atoms with Gasteiger partial charge in [-0.25, -0.2) is 4.98 Å². The van der Waals surface area contributed by atoms with E-state index in [-0.39, 0.29) is 5.91 Å². The minimum Gasteiger partial charge on any atom is -0.436 e. The van der Waals surface area contributed by atoms with Gasteiger partial charge in [0.15, 0.2) is 5.76 Å². The van der Waals surface area contributed by atoms with Crippen LogP contribution in [0.3, 0.4) is 0 Å². The average Bonchev–Trinajstić information content (AvgIpc) is 3.23. The lowest BCUT2D eigenvalue weighted by Crippen LogP contribution is -2.23. The van der Waals surface area contributed by atoms with Gasteiger partial charge in [-0.3, -0.25) is 9.78 Å². The molecule has 4 aromatic rings. The maximum atomic E-state index is 12.7. The molecule has 1 N–H and O–H groups in total. The summed E-state index contributed by atoms with van der Waals surface area (Å²) in [5.41, 5.74) is 4.30. The van der Waals surface area contributed by atoms with E-state index < -0.39 is 0 Å². The van der Waals surface area contributed by atoms with Crippen LogP contribution in [0, 0.1) is 6.92 Å². The zero-order chi connectivity index (χ0) is 19.3. The molecule has 0 saturated carbocycles. The lowest BCUT2D eigenvalue weighted by atomic mass is 10.1. The molecule has 2 aromatic carbocycles. The van der Waals surface area contributed by atoms with Crippen molar-refractivity contribution >= 4 is 5.91 Å². The fraction of sp³-hybridized carbons (Fsp3) is 0.0870. The number of carbonyl (C=O) groups is 1. The molecule has 0 unspecified atom stereocenters. The van der Waals surface area contributed by atoms with Gasteiger partial charge in [-0.1, -0.05) is 42.0 Å². The first-order valence-corrected chi connectivity index (χ1v) is 9.00. The molecule has 1 amide bonds. The molecule has 0 aliphatic rings. The number of hydrogen-bond acceptors (Lipinski definition) is 4. The highest BCUT2D eigenvalue weighted by Crippen LogP contribution is 2.28. The van der Waals surface area contributed by atoms with E-state index in [1.807, 2.05) is 61.5 Å². The van der Waals surface area contributed by atoms with Gasteiger partial charge >= 0.3 is 0 Å². The number of hydrogen-bond donors (Lipinski definition) is 1. The molecule has 2 heterocycles. The van der Waals surface area contributed by atoms with Crippen molar-refractivity contribution < 1.29 is 9.21 Å². The smallest absolute Gasteiger partial charge is 0.252 e. The molecule has 4 rings (SSSR count). The molecule has 0 atom stereocenters. The third-order valence-electron chi connectivity index (χ3n) is 4.45. The highest BCUT2D eigenvalue weighted by atomic mass is 16.4. The molecular formula is C23H19N3O2. The minimum absolute atomic E-state index is 0.178. The molecule has 0 aliphatic carbocycles. The van der Waals surface area contributed by atoms with Crippen molar-refractivity contribution in [2.75, 3.05) is 0 Å². The van der Waals surface area contributed by atoms with Gasteiger partial charge in [0.1, 0.15) is 0 Å². The number of aryl methyl sites for hydroxylation is 1. The second-order valence-corrected chi connectivity index (χ2v) is 6.48. The molecule has 0 spiro atoms.